The highest BCUT2D eigenvalue weighted by Gasteiger charge is 2.08. The van der Waals surface area contributed by atoms with E-state index in [4.69, 9.17) is 9.15 Å². The summed E-state index contributed by atoms with van der Waals surface area (Å²) in [5, 5.41) is 3.25. The molecule has 0 spiro atoms. The van der Waals surface area contributed by atoms with Gasteiger partial charge in [0.25, 0.3) is 5.91 Å². The number of carbonyl (C=O) groups excluding carboxylic acids is 1. The van der Waals surface area contributed by atoms with Crippen molar-refractivity contribution in [3.63, 3.8) is 0 Å². The fourth-order valence-electron chi connectivity index (χ4n) is 3.14. The van der Waals surface area contributed by atoms with E-state index < -0.39 is 0 Å². The molecule has 1 heterocycles. The topological polar surface area (TPSA) is 68.5 Å². The molecule has 5 nitrogen and oxygen atoms in total. The van der Waals surface area contributed by atoms with Crippen molar-refractivity contribution >= 4 is 22.6 Å². The summed E-state index contributed by atoms with van der Waals surface area (Å²) in [5.41, 5.74) is 1.41. The summed E-state index contributed by atoms with van der Waals surface area (Å²) in [5.74, 6) is 0.519. The van der Waals surface area contributed by atoms with Gasteiger partial charge < -0.3 is 14.5 Å². The van der Waals surface area contributed by atoms with E-state index in [2.05, 4.69) is 12.2 Å². The molecule has 0 aliphatic carbocycles. The summed E-state index contributed by atoms with van der Waals surface area (Å²) >= 11 is 0. The van der Waals surface area contributed by atoms with Crippen LogP contribution in [-0.2, 0) is 0 Å². The molecule has 0 bridgehead atoms. The van der Waals surface area contributed by atoms with Gasteiger partial charge in [-0.2, -0.15) is 0 Å². The molecule has 0 unspecified atom stereocenters. The fourth-order valence-corrected chi connectivity index (χ4v) is 3.14. The number of carbonyl (C=O) groups is 1. The van der Waals surface area contributed by atoms with Crippen molar-refractivity contribution in [2.45, 2.75) is 45.4 Å². The summed E-state index contributed by atoms with van der Waals surface area (Å²) in [6.45, 7) is 2.91. The van der Waals surface area contributed by atoms with Gasteiger partial charge in [0.15, 0.2) is 5.43 Å². The normalized spacial score (nSPS) is 10.8. The first-order valence-corrected chi connectivity index (χ1v) is 10.2. The molecule has 152 valence electrons. The van der Waals surface area contributed by atoms with Crippen molar-refractivity contribution in [3.05, 3.63) is 70.6 Å². The quantitative estimate of drug-likeness (QED) is 0.443. The number of rotatable bonds is 10. The van der Waals surface area contributed by atoms with E-state index in [0.717, 1.165) is 12.2 Å². The van der Waals surface area contributed by atoms with Gasteiger partial charge in [0, 0.05) is 17.3 Å². The van der Waals surface area contributed by atoms with Gasteiger partial charge in [0.2, 0.25) is 0 Å². The zero-order valence-corrected chi connectivity index (χ0v) is 16.8. The number of ether oxygens (including phenoxy) is 1. The van der Waals surface area contributed by atoms with Crippen LogP contribution in [-0.4, -0.2) is 12.5 Å². The van der Waals surface area contributed by atoms with Gasteiger partial charge in [0.1, 0.15) is 11.3 Å². The Morgan fingerprint density at radius 1 is 0.966 bits per heavy atom. The number of hydrogen-bond donors (Lipinski definition) is 1. The summed E-state index contributed by atoms with van der Waals surface area (Å²) < 4.78 is 11.0. The molecule has 0 aliphatic rings. The lowest BCUT2D eigenvalue weighted by molar-refractivity contribution is 0.102. The van der Waals surface area contributed by atoms with Crippen LogP contribution in [0.5, 0.6) is 5.75 Å². The number of nitrogens with one attached hydrogen (secondary N) is 1. The number of hydrogen-bond acceptors (Lipinski definition) is 4. The lowest BCUT2D eigenvalue weighted by atomic mass is 10.1. The van der Waals surface area contributed by atoms with Crippen LogP contribution in [0.25, 0.3) is 11.0 Å². The van der Waals surface area contributed by atoms with Crippen molar-refractivity contribution in [2.24, 2.45) is 0 Å². The summed E-state index contributed by atoms with van der Waals surface area (Å²) in [6, 6.07) is 13.5. The third kappa shape index (κ3) is 5.95. The van der Waals surface area contributed by atoms with Gasteiger partial charge in [-0.1, -0.05) is 39.0 Å². The molecule has 0 radical (unpaired) electrons. The molecule has 1 N–H and O–H groups in total. The molecule has 0 fully saturated rings. The maximum atomic E-state index is 12.5. The zero-order chi connectivity index (χ0) is 20.5. The zero-order valence-electron chi connectivity index (χ0n) is 16.8. The number of anilines is 1. The molecule has 29 heavy (non-hydrogen) atoms. The van der Waals surface area contributed by atoms with Gasteiger partial charge in [-0.05, 0) is 48.9 Å². The van der Waals surface area contributed by atoms with Gasteiger partial charge in [0.05, 0.1) is 18.3 Å². The number of amides is 1. The van der Waals surface area contributed by atoms with E-state index in [1.807, 2.05) is 0 Å². The van der Waals surface area contributed by atoms with Crippen molar-refractivity contribution in [2.75, 3.05) is 11.9 Å². The van der Waals surface area contributed by atoms with Crippen LogP contribution in [0.2, 0.25) is 0 Å². The van der Waals surface area contributed by atoms with Crippen molar-refractivity contribution in [1.82, 2.24) is 0 Å². The van der Waals surface area contributed by atoms with Gasteiger partial charge in [-0.15, -0.1) is 0 Å². The van der Waals surface area contributed by atoms with E-state index in [1.165, 1.54) is 44.4 Å². The molecule has 1 amide bonds. The van der Waals surface area contributed by atoms with E-state index in [1.54, 1.807) is 42.5 Å². The highest BCUT2D eigenvalue weighted by Crippen LogP contribution is 2.18. The van der Waals surface area contributed by atoms with E-state index in [-0.39, 0.29) is 11.3 Å². The fraction of sp³-hybridized carbons (Fsp3) is 0.333. The largest absolute Gasteiger partial charge is 0.494 e. The molecule has 1 aromatic heterocycles. The van der Waals surface area contributed by atoms with E-state index in [0.29, 0.717) is 28.8 Å². The van der Waals surface area contributed by atoms with Gasteiger partial charge >= 0.3 is 0 Å². The Morgan fingerprint density at radius 3 is 2.52 bits per heavy atom. The smallest absolute Gasteiger partial charge is 0.255 e. The first kappa shape index (κ1) is 20.6. The molecule has 0 atom stereocenters. The molecule has 0 aliphatic heterocycles. The minimum atomic E-state index is -0.243. The molecule has 2 aromatic carbocycles. The highest BCUT2D eigenvalue weighted by molar-refractivity contribution is 6.05. The number of benzene rings is 2. The Labute approximate surface area is 170 Å². The molecule has 0 saturated heterocycles. The van der Waals surface area contributed by atoms with E-state index >= 15 is 0 Å². The monoisotopic (exact) mass is 393 g/mol. The molecule has 5 heteroatoms. The SMILES string of the molecule is CCCCCCCCOc1ccc(C(=O)Nc2ccc3occc(=O)c3c2)cc1. The molecule has 3 rings (SSSR count). The number of unbranched alkanes of at least 4 members (excludes halogenated alkanes) is 5. The minimum absolute atomic E-state index is 0.144. The second-order valence-electron chi connectivity index (χ2n) is 7.09. The third-order valence-electron chi connectivity index (χ3n) is 4.80. The Balaban J connectivity index is 1.51. The van der Waals surface area contributed by atoms with Crippen LogP contribution in [0, 0.1) is 0 Å². The minimum Gasteiger partial charge on any atom is -0.494 e. The average Bonchev–Trinajstić information content (AvgIpc) is 2.74. The number of fused-ring (bicyclic) bond motifs is 1. The highest BCUT2D eigenvalue weighted by atomic mass is 16.5. The van der Waals surface area contributed by atoms with Crippen LogP contribution in [0.3, 0.4) is 0 Å². The Bertz CT molecular complexity index is 992. The molecule has 3 aromatic rings. The third-order valence-corrected chi connectivity index (χ3v) is 4.80. The first-order valence-electron chi connectivity index (χ1n) is 10.2. The lowest BCUT2D eigenvalue weighted by Gasteiger charge is -2.08. The maximum absolute atomic E-state index is 12.5. The Kier molecular flexibility index (Phi) is 7.45. The molecular weight excluding hydrogens is 366 g/mol. The summed E-state index contributed by atoms with van der Waals surface area (Å²) in [4.78, 5) is 24.4. The standard InChI is InChI=1S/C24H27NO4/c1-2-3-4-5-6-7-15-28-20-11-8-18(9-12-20)24(27)25-19-10-13-23-21(17-19)22(26)14-16-29-23/h8-14,16-17H,2-7,15H2,1H3,(H,25,27). The summed E-state index contributed by atoms with van der Waals surface area (Å²) in [6.07, 6.45) is 8.70. The van der Waals surface area contributed by atoms with Crippen LogP contribution < -0.4 is 15.5 Å². The van der Waals surface area contributed by atoms with Gasteiger partial charge in [-0.3, -0.25) is 9.59 Å². The Morgan fingerprint density at radius 2 is 1.72 bits per heavy atom. The van der Waals surface area contributed by atoms with Crippen LogP contribution in [0.15, 0.2) is 64.0 Å². The van der Waals surface area contributed by atoms with E-state index in [9.17, 15) is 9.59 Å². The van der Waals surface area contributed by atoms with Crippen LogP contribution in [0.4, 0.5) is 5.69 Å². The predicted octanol–water partition coefficient (Wildman–Crippen LogP) is 5.78. The maximum Gasteiger partial charge on any atom is 0.255 e. The second-order valence-corrected chi connectivity index (χ2v) is 7.09. The molecular formula is C24H27NO4. The van der Waals surface area contributed by atoms with Crippen molar-refractivity contribution in [1.29, 1.82) is 0 Å². The average molecular weight is 393 g/mol. The lowest BCUT2D eigenvalue weighted by Crippen LogP contribution is -2.12. The van der Waals surface area contributed by atoms with Crippen molar-refractivity contribution < 1.29 is 13.9 Å². The Hall–Kier alpha value is -3.08. The van der Waals surface area contributed by atoms with Crippen LogP contribution >= 0.6 is 0 Å². The van der Waals surface area contributed by atoms with Crippen LogP contribution in [0.1, 0.15) is 55.8 Å². The van der Waals surface area contributed by atoms with Crippen molar-refractivity contribution in [3.8, 4) is 5.75 Å². The second kappa shape index (κ2) is 10.5. The first-order chi connectivity index (χ1) is 14.2. The molecule has 0 saturated carbocycles. The predicted molar refractivity (Wildman–Crippen MR) is 116 cm³/mol. The van der Waals surface area contributed by atoms with Gasteiger partial charge in [-0.25, -0.2) is 0 Å². The summed E-state index contributed by atoms with van der Waals surface area (Å²) in [7, 11) is 0.